The van der Waals surface area contributed by atoms with Gasteiger partial charge in [0.2, 0.25) is 17.7 Å². The molecule has 0 spiro atoms. The van der Waals surface area contributed by atoms with Crippen LogP contribution >= 0.6 is 0 Å². The first-order chi connectivity index (χ1) is 11.9. The normalized spacial score (nSPS) is 16.6. The minimum absolute atomic E-state index is 0.00380. The summed E-state index contributed by atoms with van der Waals surface area (Å²) in [5.74, 6) is -0.865. The first-order valence-electron chi connectivity index (χ1n) is 8.23. The molecule has 25 heavy (non-hydrogen) atoms. The molecule has 0 aromatic heterocycles. The van der Waals surface area contributed by atoms with Crippen molar-refractivity contribution in [3.63, 3.8) is 0 Å². The zero-order chi connectivity index (χ0) is 18.4. The average molecular weight is 342 g/mol. The number of likely N-dealkylation sites (tertiary alicyclic amines) is 1. The molecule has 7 nitrogen and oxygen atoms in total. The van der Waals surface area contributed by atoms with Gasteiger partial charge in [-0.3, -0.25) is 14.4 Å². The molecule has 2 N–H and O–H groups in total. The Morgan fingerprint density at radius 1 is 1.40 bits per heavy atom. The molecule has 1 atom stereocenters. The predicted octanol–water partition coefficient (Wildman–Crippen LogP) is 1.41. The van der Waals surface area contributed by atoms with E-state index in [2.05, 4.69) is 10.6 Å². The molecular weight excluding hydrogens is 320 g/mol. The smallest absolute Gasteiger partial charge is 0.234 e. The van der Waals surface area contributed by atoms with Crippen molar-refractivity contribution in [1.29, 1.82) is 5.26 Å². The molecule has 132 valence electrons. The lowest BCUT2D eigenvalue weighted by Crippen LogP contribution is -2.33. The first-order valence-corrected chi connectivity index (χ1v) is 8.23. The maximum absolute atomic E-state index is 12.4. The van der Waals surface area contributed by atoms with Crippen molar-refractivity contribution in [2.45, 2.75) is 39.3 Å². The van der Waals surface area contributed by atoms with Crippen LogP contribution in [0.4, 0.5) is 5.69 Å². The number of carbonyl (C=O) groups is 3. The summed E-state index contributed by atoms with van der Waals surface area (Å²) in [6.07, 6.45) is 0.0480. The highest BCUT2D eigenvalue weighted by atomic mass is 16.2. The summed E-state index contributed by atoms with van der Waals surface area (Å²) in [6.45, 7) is 4.59. The van der Waals surface area contributed by atoms with Crippen LogP contribution < -0.4 is 10.6 Å². The van der Waals surface area contributed by atoms with Crippen molar-refractivity contribution in [1.82, 2.24) is 10.2 Å². The number of carbonyl (C=O) groups excluding carboxylic acids is 3. The highest BCUT2D eigenvalue weighted by Crippen LogP contribution is 2.22. The lowest BCUT2D eigenvalue weighted by atomic mass is 10.1. The molecule has 1 unspecified atom stereocenters. The Labute approximate surface area is 147 Å². The summed E-state index contributed by atoms with van der Waals surface area (Å²) >= 11 is 0. The standard InChI is InChI=1S/C18H22N4O3/c1-12(2)22-11-14(9-17(22)24)18(25)21-15-5-3-4-13(8-15)10-20-16(23)6-7-19/h3-5,8,12,14H,6,9-11H2,1-2H3,(H,20,23)(H,21,25). The Morgan fingerprint density at radius 3 is 2.80 bits per heavy atom. The maximum Gasteiger partial charge on any atom is 0.234 e. The van der Waals surface area contributed by atoms with Gasteiger partial charge in [-0.05, 0) is 31.5 Å². The van der Waals surface area contributed by atoms with Gasteiger partial charge in [-0.2, -0.15) is 5.26 Å². The third-order valence-corrected chi connectivity index (χ3v) is 4.08. The summed E-state index contributed by atoms with van der Waals surface area (Å²) in [6, 6.07) is 9.00. The van der Waals surface area contributed by atoms with Gasteiger partial charge in [0.05, 0.1) is 12.0 Å². The van der Waals surface area contributed by atoms with Crippen molar-refractivity contribution >= 4 is 23.4 Å². The minimum atomic E-state index is -0.353. The molecule has 0 radical (unpaired) electrons. The minimum Gasteiger partial charge on any atom is -0.351 e. The van der Waals surface area contributed by atoms with E-state index in [4.69, 9.17) is 5.26 Å². The van der Waals surface area contributed by atoms with Crippen LogP contribution in [0.5, 0.6) is 0 Å². The predicted molar refractivity (Wildman–Crippen MR) is 92.1 cm³/mol. The van der Waals surface area contributed by atoms with E-state index in [1.807, 2.05) is 19.9 Å². The molecule has 1 fully saturated rings. The second-order valence-electron chi connectivity index (χ2n) is 6.34. The summed E-state index contributed by atoms with van der Waals surface area (Å²) in [4.78, 5) is 37.4. The molecule has 7 heteroatoms. The molecule has 0 bridgehead atoms. The molecule has 2 rings (SSSR count). The Bertz CT molecular complexity index is 709. The number of nitrogens with one attached hydrogen (secondary N) is 2. The van der Waals surface area contributed by atoms with Crippen molar-refractivity contribution in [2.75, 3.05) is 11.9 Å². The van der Waals surface area contributed by atoms with Crippen LogP contribution in [-0.2, 0) is 20.9 Å². The molecule has 1 aromatic carbocycles. The van der Waals surface area contributed by atoms with Gasteiger partial charge in [-0.25, -0.2) is 0 Å². The third-order valence-electron chi connectivity index (χ3n) is 4.08. The van der Waals surface area contributed by atoms with E-state index < -0.39 is 0 Å². The number of hydrogen-bond donors (Lipinski definition) is 2. The average Bonchev–Trinajstić information content (AvgIpc) is 2.96. The first kappa shape index (κ1) is 18.5. The lowest BCUT2D eigenvalue weighted by Gasteiger charge is -2.20. The summed E-state index contributed by atoms with van der Waals surface area (Å²) in [7, 11) is 0. The van der Waals surface area contributed by atoms with Crippen LogP contribution in [0.2, 0.25) is 0 Å². The molecule has 1 heterocycles. The maximum atomic E-state index is 12.4. The largest absolute Gasteiger partial charge is 0.351 e. The van der Waals surface area contributed by atoms with E-state index >= 15 is 0 Å². The van der Waals surface area contributed by atoms with Crippen molar-refractivity contribution in [3.05, 3.63) is 29.8 Å². The fourth-order valence-electron chi connectivity index (χ4n) is 2.74. The number of rotatable bonds is 6. The van der Waals surface area contributed by atoms with Gasteiger partial charge in [-0.1, -0.05) is 12.1 Å². The van der Waals surface area contributed by atoms with Crippen LogP contribution in [0.25, 0.3) is 0 Å². The van der Waals surface area contributed by atoms with Gasteiger partial charge < -0.3 is 15.5 Å². The van der Waals surface area contributed by atoms with Crippen molar-refractivity contribution in [3.8, 4) is 6.07 Å². The van der Waals surface area contributed by atoms with Gasteiger partial charge in [-0.15, -0.1) is 0 Å². The van der Waals surface area contributed by atoms with Crippen molar-refractivity contribution < 1.29 is 14.4 Å². The van der Waals surface area contributed by atoms with E-state index in [0.717, 1.165) is 5.56 Å². The van der Waals surface area contributed by atoms with Gasteiger partial charge in [0, 0.05) is 31.2 Å². The van der Waals surface area contributed by atoms with Crippen LogP contribution in [-0.4, -0.2) is 35.2 Å². The van der Waals surface area contributed by atoms with Crippen LogP contribution in [0.1, 0.15) is 32.3 Å². The van der Waals surface area contributed by atoms with Crippen LogP contribution in [0.3, 0.4) is 0 Å². The molecule has 0 aliphatic carbocycles. The molecule has 1 aromatic rings. The quantitative estimate of drug-likeness (QED) is 0.816. The molecule has 3 amide bonds. The highest BCUT2D eigenvalue weighted by Gasteiger charge is 2.35. The zero-order valence-electron chi connectivity index (χ0n) is 14.4. The third kappa shape index (κ3) is 5.05. The lowest BCUT2D eigenvalue weighted by molar-refractivity contribution is -0.129. The second-order valence-corrected chi connectivity index (χ2v) is 6.34. The fraction of sp³-hybridized carbons (Fsp3) is 0.444. The molecule has 1 aliphatic rings. The molecule has 0 saturated carbocycles. The topological polar surface area (TPSA) is 102 Å². The number of amides is 3. The zero-order valence-corrected chi connectivity index (χ0v) is 14.4. The summed E-state index contributed by atoms with van der Waals surface area (Å²) < 4.78 is 0. The van der Waals surface area contributed by atoms with E-state index in [1.54, 1.807) is 29.2 Å². The monoisotopic (exact) mass is 342 g/mol. The SMILES string of the molecule is CC(C)N1CC(C(=O)Nc2cccc(CNC(=O)CC#N)c2)CC1=O. The molecular formula is C18H22N4O3. The van der Waals surface area contributed by atoms with Gasteiger partial charge >= 0.3 is 0 Å². The molecule has 1 aliphatic heterocycles. The number of hydrogen-bond acceptors (Lipinski definition) is 4. The Hall–Kier alpha value is -2.88. The number of benzene rings is 1. The second kappa shape index (κ2) is 8.29. The number of anilines is 1. The fourth-order valence-corrected chi connectivity index (χ4v) is 2.74. The summed E-state index contributed by atoms with van der Waals surface area (Å²) in [5, 5.41) is 13.9. The highest BCUT2D eigenvalue weighted by molar-refractivity contribution is 5.97. The van der Waals surface area contributed by atoms with Gasteiger partial charge in [0.1, 0.15) is 6.42 Å². The van der Waals surface area contributed by atoms with Gasteiger partial charge in [0.15, 0.2) is 0 Å². The van der Waals surface area contributed by atoms with E-state index in [-0.39, 0.29) is 49.1 Å². The van der Waals surface area contributed by atoms with E-state index in [9.17, 15) is 14.4 Å². The van der Waals surface area contributed by atoms with E-state index in [1.165, 1.54) is 0 Å². The summed E-state index contributed by atoms with van der Waals surface area (Å²) in [5.41, 5.74) is 1.43. The van der Waals surface area contributed by atoms with Crippen LogP contribution in [0, 0.1) is 17.2 Å². The molecule has 1 saturated heterocycles. The Morgan fingerprint density at radius 2 is 2.16 bits per heavy atom. The van der Waals surface area contributed by atoms with Crippen LogP contribution in [0.15, 0.2) is 24.3 Å². The van der Waals surface area contributed by atoms with E-state index in [0.29, 0.717) is 12.2 Å². The Balaban J connectivity index is 1.93. The van der Waals surface area contributed by atoms with Gasteiger partial charge in [0.25, 0.3) is 0 Å². The number of nitrogens with zero attached hydrogens (tertiary/aromatic N) is 2. The Kier molecular flexibility index (Phi) is 6.12. The number of nitriles is 1. The van der Waals surface area contributed by atoms with Crippen molar-refractivity contribution in [2.24, 2.45) is 5.92 Å².